The van der Waals surface area contributed by atoms with Crippen LogP contribution in [0.1, 0.15) is 26.3 Å². The van der Waals surface area contributed by atoms with Crippen LogP contribution in [0, 0.1) is 11.6 Å². The number of fused-ring (bicyclic) bond motifs is 1. The number of anilines is 1. The van der Waals surface area contributed by atoms with E-state index in [1.165, 1.54) is 4.57 Å². The van der Waals surface area contributed by atoms with E-state index in [-0.39, 0.29) is 33.5 Å². The van der Waals surface area contributed by atoms with Gasteiger partial charge in [0.15, 0.2) is 24.0 Å². The van der Waals surface area contributed by atoms with Crippen LogP contribution in [0.3, 0.4) is 0 Å². The zero-order valence-electron chi connectivity index (χ0n) is 24.6. The van der Waals surface area contributed by atoms with Crippen LogP contribution in [-0.2, 0) is 11.3 Å². The molecule has 5 aromatic rings. The van der Waals surface area contributed by atoms with Gasteiger partial charge in [-0.05, 0) is 60.0 Å². The van der Waals surface area contributed by atoms with Crippen molar-refractivity contribution >= 4 is 38.7 Å². The number of nitrogens with zero attached hydrogens (tertiary/aromatic N) is 3. The van der Waals surface area contributed by atoms with Gasteiger partial charge in [0.25, 0.3) is 0 Å². The van der Waals surface area contributed by atoms with Crippen LogP contribution < -0.4 is 14.8 Å². The number of rotatable bonds is 8. The maximum absolute atomic E-state index is 15.5. The van der Waals surface area contributed by atoms with Gasteiger partial charge in [0.2, 0.25) is 5.88 Å². The lowest BCUT2D eigenvalue weighted by Crippen LogP contribution is -2.27. The number of carbonyl (C=O) groups is 1. The zero-order valence-corrected chi connectivity index (χ0v) is 26.2. The first-order valence-electron chi connectivity index (χ1n) is 13.7. The van der Waals surface area contributed by atoms with Crippen LogP contribution in [0.4, 0.5) is 32.4 Å². The van der Waals surface area contributed by atoms with E-state index in [9.17, 15) is 18.0 Å². The number of amides is 1. The fourth-order valence-electron chi connectivity index (χ4n) is 4.49. The Labute approximate surface area is 268 Å². The average Bonchev–Trinajstić information content (AvgIpc) is 3.28. The molecule has 2 heterocycles. The smallest absolute Gasteiger partial charge is 0.422 e. The molecular formula is C32H26BrF5N4O4. The quantitative estimate of drug-likeness (QED) is 0.162. The van der Waals surface area contributed by atoms with E-state index < -0.39 is 47.7 Å². The minimum absolute atomic E-state index is 0.0821. The molecule has 0 spiro atoms. The first kappa shape index (κ1) is 32.7. The highest BCUT2D eigenvalue weighted by Crippen LogP contribution is 2.43. The van der Waals surface area contributed by atoms with Gasteiger partial charge < -0.3 is 18.8 Å². The van der Waals surface area contributed by atoms with Crippen LogP contribution in [0.15, 0.2) is 77.5 Å². The van der Waals surface area contributed by atoms with E-state index in [0.717, 1.165) is 18.5 Å². The summed E-state index contributed by atoms with van der Waals surface area (Å²) in [5, 5.41) is 2.61. The first-order valence-corrected chi connectivity index (χ1v) is 14.5. The van der Waals surface area contributed by atoms with Gasteiger partial charge in [0.05, 0.1) is 15.9 Å². The van der Waals surface area contributed by atoms with E-state index in [0.29, 0.717) is 16.8 Å². The molecule has 0 saturated carbocycles. The Morgan fingerprint density at radius 3 is 2.20 bits per heavy atom. The second kappa shape index (κ2) is 12.9. The van der Waals surface area contributed by atoms with Crippen molar-refractivity contribution in [3.05, 3.63) is 94.7 Å². The fourth-order valence-corrected chi connectivity index (χ4v) is 5.19. The third-order valence-electron chi connectivity index (χ3n) is 6.30. The van der Waals surface area contributed by atoms with E-state index in [1.807, 2.05) is 0 Å². The Morgan fingerprint density at radius 2 is 1.59 bits per heavy atom. The number of ether oxygens (including phenoxy) is 3. The van der Waals surface area contributed by atoms with Crippen LogP contribution in [-0.4, -0.2) is 39.0 Å². The van der Waals surface area contributed by atoms with Gasteiger partial charge in [-0.1, -0.05) is 42.5 Å². The van der Waals surface area contributed by atoms with Crippen LogP contribution in [0.2, 0.25) is 0 Å². The van der Waals surface area contributed by atoms with E-state index in [2.05, 4.69) is 31.2 Å². The van der Waals surface area contributed by atoms with E-state index >= 15 is 8.78 Å². The molecule has 0 atom stereocenters. The third-order valence-corrected chi connectivity index (χ3v) is 7.05. The predicted molar refractivity (Wildman–Crippen MR) is 164 cm³/mol. The lowest BCUT2D eigenvalue weighted by molar-refractivity contribution is -0.153. The summed E-state index contributed by atoms with van der Waals surface area (Å²) in [4.78, 5) is 20.4. The Hall–Kier alpha value is -4.72. The molecule has 0 saturated heterocycles. The van der Waals surface area contributed by atoms with Crippen molar-refractivity contribution in [3.8, 4) is 28.6 Å². The van der Waals surface area contributed by atoms with Crippen molar-refractivity contribution in [3.63, 3.8) is 0 Å². The molecule has 0 unspecified atom stereocenters. The molecule has 3 aromatic carbocycles. The van der Waals surface area contributed by atoms with Crippen LogP contribution >= 0.6 is 15.9 Å². The van der Waals surface area contributed by atoms with Gasteiger partial charge in [-0.3, -0.25) is 5.32 Å². The summed E-state index contributed by atoms with van der Waals surface area (Å²) in [5.74, 6) is -3.21. The Balaban J connectivity index is 1.61. The summed E-state index contributed by atoms with van der Waals surface area (Å²) in [7, 11) is 0. The van der Waals surface area contributed by atoms with Gasteiger partial charge in [-0.25, -0.2) is 18.6 Å². The molecule has 0 aliphatic rings. The van der Waals surface area contributed by atoms with Gasteiger partial charge in [-0.2, -0.15) is 18.2 Å². The molecule has 1 N–H and O–H groups in total. The summed E-state index contributed by atoms with van der Waals surface area (Å²) < 4.78 is 87.7. The monoisotopic (exact) mass is 704 g/mol. The van der Waals surface area contributed by atoms with Crippen molar-refractivity contribution in [1.29, 1.82) is 0 Å². The lowest BCUT2D eigenvalue weighted by atomic mass is 10.1. The molecule has 0 bridgehead atoms. The average molecular weight is 705 g/mol. The van der Waals surface area contributed by atoms with Crippen molar-refractivity contribution in [1.82, 2.24) is 14.5 Å². The van der Waals surface area contributed by atoms with Crippen LogP contribution in [0.25, 0.3) is 28.0 Å². The molecule has 0 radical (unpaired) electrons. The summed E-state index contributed by atoms with van der Waals surface area (Å²) in [6, 6.07) is 17.0. The fraction of sp³-hybridized carbons (Fsp3) is 0.219. The molecular weight excluding hydrogens is 679 g/mol. The van der Waals surface area contributed by atoms with Gasteiger partial charge in [-0.15, -0.1) is 0 Å². The molecule has 0 aliphatic heterocycles. The maximum Gasteiger partial charge on any atom is 0.422 e. The molecule has 8 nitrogen and oxygen atoms in total. The number of hydrogen-bond donors (Lipinski definition) is 1. The minimum atomic E-state index is -4.69. The summed E-state index contributed by atoms with van der Waals surface area (Å²) in [6.45, 7) is 3.38. The number of aromatic nitrogens is 3. The number of halogens is 6. The number of carbonyl (C=O) groups excluding carboxylic acids is 1. The second-order valence-electron chi connectivity index (χ2n) is 11.0. The first-order chi connectivity index (χ1) is 21.7. The topological polar surface area (TPSA) is 87.5 Å². The van der Waals surface area contributed by atoms with Crippen molar-refractivity contribution in [2.45, 2.75) is 39.2 Å². The largest absolute Gasteiger partial charge is 0.483 e. The van der Waals surface area contributed by atoms with Crippen molar-refractivity contribution in [2.75, 3.05) is 11.9 Å². The molecule has 240 valence electrons. The van der Waals surface area contributed by atoms with Crippen molar-refractivity contribution in [2.24, 2.45) is 0 Å². The molecule has 0 aliphatic carbocycles. The molecule has 5 rings (SSSR count). The highest BCUT2D eigenvalue weighted by molar-refractivity contribution is 9.10. The molecule has 2 aromatic heterocycles. The number of benzene rings is 3. The number of nitrogens with one attached hydrogen (secondary N) is 1. The lowest BCUT2D eigenvalue weighted by Gasteiger charge is -2.19. The van der Waals surface area contributed by atoms with E-state index in [1.54, 1.807) is 75.4 Å². The molecule has 0 fully saturated rings. The number of hydrogen-bond acceptors (Lipinski definition) is 6. The highest BCUT2D eigenvalue weighted by Gasteiger charge is 2.31. The summed E-state index contributed by atoms with van der Waals surface area (Å²) >= 11 is 3.46. The van der Waals surface area contributed by atoms with Crippen molar-refractivity contribution < 1.29 is 41.0 Å². The Bertz CT molecular complexity index is 1850. The standard InChI is InChI=1S/C32H26BrF5N4O4/c1-31(2,3)46-30(43)41-20-11-9-19(10-12-20)26-24(33)25-27(29(40-17-39-25)45-16-32(36,37)38)42(26)21-13-22(34)28(23(35)14-21)44-15-18-7-5-4-6-8-18/h4-14,17H,15-16H2,1-3H3,(H,41,43). The zero-order chi connectivity index (χ0) is 33.2. The van der Waals surface area contributed by atoms with E-state index in [4.69, 9.17) is 14.2 Å². The number of alkyl halides is 3. The summed E-state index contributed by atoms with van der Waals surface area (Å²) in [6.07, 6.45) is -4.36. The molecule has 46 heavy (non-hydrogen) atoms. The summed E-state index contributed by atoms with van der Waals surface area (Å²) in [5.41, 5.74) is 0.943. The SMILES string of the molecule is CC(C)(C)OC(=O)Nc1ccc(-c2c(Br)c3ncnc(OCC(F)(F)F)c3n2-c2cc(F)c(OCc3ccccc3)c(F)c2)cc1. The second-order valence-corrected chi connectivity index (χ2v) is 11.8. The normalized spacial score (nSPS) is 11.8. The van der Waals surface area contributed by atoms with Gasteiger partial charge >= 0.3 is 12.3 Å². The minimum Gasteiger partial charge on any atom is -0.483 e. The van der Waals surface area contributed by atoms with Crippen LogP contribution in [0.5, 0.6) is 11.6 Å². The Morgan fingerprint density at radius 1 is 0.935 bits per heavy atom. The highest BCUT2D eigenvalue weighted by atomic mass is 79.9. The maximum atomic E-state index is 15.5. The molecule has 1 amide bonds. The van der Waals surface area contributed by atoms with Gasteiger partial charge in [0, 0.05) is 17.8 Å². The van der Waals surface area contributed by atoms with Gasteiger partial charge in [0.1, 0.15) is 29.6 Å². The third kappa shape index (κ3) is 7.56. The Kier molecular flexibility index (Phi) is 9.20. The molecule has 14 heteroatoms. The predicted octanol–water partition coefficient (Wildman–Crippen LogP) is 9.00.